The van der Waals surface area contributed by atoms with Crippen molar-refractivity contribution >= 4 is 0 Å². The monoisotopic (exact) mass is 239 g/mol. The van der Waals surface area contributed by atoms with Gasteiger partial charge in [-0.25, -0.2) is 4.39 Å². The van der Waals surface area contributed by atoms with Crippen LogP contribution in [0.25, 0.3) is 0 Å². The predicted octanol–water partition coefficient (Wildman–Crippen LogP) is 1.91. The first-order valence-electron chi connectivity index (χ1n) is 5.85. The third-order valence-electron chi connectivity index (χ3n) is 3.24. The van der Waals surface area contributed by atoms with Crippen molar-refractivity contribution in [1.82, 2.24) is 0 Å². The minimum Gasteiger partial charge on any atom is -0.496 e. The lowest BCUT2D eigenvalue weighted by Gasteiger charge is -2.30. The molecule has 1 fully saturated rings. The molecule has 94 valence electrons. The maximum absolute atomic E-state index is 13.3. The van der Waals surface area contributed by atoms with Crippen LogP contribution in [0, 0.1) is 11.7 Å². The van der Waals surface area contributed by atoms with E-state index < -0.39 is 0 Å². The molecule has 0 radical (unpaired) electrons. The molecule has 2 rings (SSSR count). The second-order valence-electron chi connectivity index (χ2n) is 4.46. The van der Waals surface area contributed by atoms with Gasteiger partial charge in [-0.05, 0) is 31.2 Å². The zero-order valence-corrected chi connectivity index (χ0v) is 9.99. The highest BCUT2D eigenvalue weighted by Crippen LogP contribution is 2.33. The molecule has 1 aliphatic rings. The van der Waals surface area contributed by atoms with E-state index in [1.54, 1.807) is 13.2 Å². The van der Waals surface area contributed by atoms with Crippen molar-refractivity contribution in [2.24, 2.45) is 11.7 Å². The molecule has 1 heterocycles. The first-order chi connectivity index (χ1) is 8.24. The number of methoxy groups -OCH3 is 1. The molecular formula is C13H18FNO2. The minimum absolute atomic E-state index is 0.134. The van der Waals surface area contributed by atoms with E-state index >= 15 is 0 Å². The Morgan fingerprint density at radius 3 is 2.82 bits per heavy atom. The third kappa shape index (κ3) is 2.76. The summed E-state index contributed by atoms with van der Waals surface area (Å²) in [6.07, 6.45) is 0.927. The summed E-state index contributed by atoms with van der Waals surface area (Å²) in [5, 5.41) is 0. The van der Waals surface area contributed by atoms with Crippen LogP contribution in [-0.2, 0) is 4.74 Å². The summed E-state index contributed by atoms with van der Waals surface area (Å²) in [7, 11) is 1.59. The summed E-state index contributed by atoms with van der Waals surface area (Å²) in [4.78, 5) is 0. The second-order valence-corrected chi connectivity index (χ2v) is 4.46. The molecule has 0 bridgehead atoms. The topological polar surface area (TPSA) is 44.5 Å². The largest absolute Gasteiger partial charge is 0.496 e. The van der Waals surface area contributed by atoms with Crippen molar-refractivity contribution in [3.05, 3.63) is 29.6 Å². The highest BCUT2D eigenvalue weighted by atomic mass is 19.1. The zero-order chi connectivity index (χ0) is 12.3. The molecule has 0 amide bonds. The Morgan fingerprint density at radius 2 is 2.29 bits per heavy atom. The van der Waals surface area contributed by atoms with Crippen molar-refractivity contribution in [2.75, 3.05) is 26.9 Å². The molecule has 1 aliphatic heterocycles. The summed E-state index contributed by atoms with van der Waals surface area (Å²) in [5.41, 5.74) is 6.65. The van der Waals surface area contributed by atoms with E-state index in [0.29, 0.717) is 18.2 Å². The van der Waals surface area contributed by atoms with E-state index in [4.69, 9.17) is 15.2 Å². The molecule has 0 spiro atoms. The van der Waals surface area contributed by atoms with Gasteiger partial charge in [0, 0.05) is 17.4 Å². The molecule has 0 aliphatic carbocycles. The summed E-state index contributed by atoms with van der Waals surface area (Å²) in [6.45, 7) is 2.07. The van der Waals surface area contributed by atoms with Gasteiger partial charge in [0.2, 0.25) is 0 Å². The number of halogens is 1. The molecule has 0 aromatic heterocycles. The maximum atomic E-state index is 13.3. The van der Waals surface area contributed by atoms with Crippen molar-refractivity contribution in [2.45, 2.75) is 12.3 Å². The number of hydrogen-bond acceptors (Lipinski definition) is 3. The molecule has 1 aromatic rings. The van der Waals surface area contributed by atoms with Crippen LogP contribution in [-0.4, -0.2) is 26.9 Å². The van der Waals surface area contributed by atoms with Crippen LogP contribution < -0.4 is 10.5 Å². The van der Waals surface area contributed by atoms with E-state index in [9.17, 15) is 4.39 Å². The Labute approximate surface area is 101 Å². The first kappa shape index (κ1) is 12.3. The van der Waals surface area contributed by atoms with Crippen LogP contribution in [0.2, 0.25) is 0 Å². The average molecular weight is 239 g/mol. The molecule has 3 nitrogen and oxygen atoms in total. The van der Waals surface area contributed by atoms with Gasteiger partial charge in [0.25, 0.3) is 0 Å². The molecule has 4 heteroatoms. The molecule has 2 N–H and O–H groups in total. The van der Waals surface area contributed by atoms with Crippen LogP contribution in [0.3, 0.4) is 0 Å². The Hall–Kier alpha value is -1.13. The fourth-order valence-corrected chi connectivity index (χ4v) is 2.20. The number of hydrogen-bond donors (Lipinski definition) is 1. The van der Waals surface area contributed by atoms with E-state index in [1.165, 1.54) is 12.1 Å². The molecule has 1 atom stereocenters. The molecule has 1 saturated heterocycles. The Kier molecular flexibility index (Phi) is 3.97. The van der Waals surface area contributed by atoms with Gasteiger partial charge in [-0.1, -0.05) is 0 Å². The van der Waals surface area contributed by atoms with Crippen LogP contribution in [0.15, 0.2) is 18.2 Å². The SMILES string of the molecule is COc1ccc(F)cc1C(CN)CC1COC1. The van der Waals surface area contributed by atoms with Gasteiger partial charge in [-0.2, -0.15) is 0 Å². The van der Waals surface area contributed by atoms with Crippen molar-refractivity contribution in [3.8, 4) is 5.75 Å². The number of ether oxygens (including phenoxy) is 2. The lowest BCUT2D eigenvalue weighted by Crippen LogP contribution is -2.30. The van der Waals surface area contributed by atoms with Crippen LogP contribution in [0.1, 0.15) is 17.9 Å². The van der Waals surface area contributed by atoms with Gasteiger partial charge < -0.3 is 15.2 Å². The summed E-state index contributed by atoms with van der Waals surface area (Å²) < 4.78 is 23.7. The standard InChI is InChI=1S/C13H18FNO2/c1-16-13-3-2-11(14)5-12(13)10(6-15)4-9-7-17-8-9/h2-3,5,9-10H,4,6-8,15H2,1H3. The maximum Gasteiger partial charge on any atom is 0.123 e. The molecule has 0 saturated carbocycles. The quantitative estimate of drug-likeness (QED) is 0.853. The smallest absolute Gasteiger partial charge is 0.123 e. The van der Waals surface area contributed by atoms with Gasteiger partial charge in [0.1, 0.15) is 11.6 Å². The lowest BCUT2D eigenvalue weighted by atomic mass is 9.87. The van der Waals surface area contributed by atoms with Gasteiger partial charge in [0.05, 0.1) is 20.3 Å². The number of benzene rings is 1. The van der Waals surface area contributed by atoms with Gasteiger partial charge in [0.15, 0.2) is 0 Å². The van der Waals surface area contributed by atoms with Crippen molar-refractivity contribution in [3.63, 3.8) is 0 Å². The number of rotatable bonds is 5. The van der Waals surface area contributed by atoms with Crippen LogP contribution in [0.4, 0.5) is 4.39 Å². The van der Waals surface area contributed by atoms with E-state index in [0.717, 1.165) is 25.2 Å². The van der Waals surface area contributed by atoms with Gasteiger partial charge in [-0.3, -0.25) is 0 Å². The lowest BCUT2D eigenvalue weighted by molar-refractivity contribution is -0.0382. The summed E-state index contributed by atoms with van der Waals surface area (Å²) in [6, 6.07) is 4.59. The molecular weight excluding hydrogens is 221 g/mol. The van der Waals surface area contributed by atoms with Crippen molar-refractivity contribution < 1.29 is 13.9 Å². The normalized spacial score (nSPS) is 17.6. The minimum atomic E-state index is -0.246. The zero-order valence-electron chi connectivity index (χ0n) is 9.99. The van der Waals surface area contributed by atoms with Crippen LogP contribution in [0.5, 0.6) is 5.75 Å². The molecule has 1 aromatic carbocycles. The third-order valence-corrected chi connectivity index (χ3v) is 3.24. The number of nitrogens with two attached hydrogens (primary N) is 1. The average Bonchev–Trinajstić information content (AvgIpc) is 2.28. The van der Waals surface area contributed by atoms with Crippen LogP contribution >= 0.6 is 0 Å². The Bertz CT molecular complexity index is 380. The summed E-state index contributed by atoms with van der Waals surface area (Å²) >= 11 is 0. The predicted molar refractivity (Wildman–Crippen MR) is 63.7 cm³/mol. The van der Waals surface area contributed by atoms with Crippen molar-refractivity contribution in [1.29, 1.82) is 0 Å². The highest BCUT2D eigenvalue weighted by Gasteiger charge is 2.25. The van der Waals surface area contributed by atoms with E-state index in [1.807, 2.05) is 0 Å². The fourth-order valence-electron chi connectivity index (χ4n) is 2.20. The Balaban J connectivity index is 2.18. The van der Waals surface area contributed by atoms with Gasteiger partial charge in [-0.15, -0.1) is 0 Å². The van der Waals surface area contributed by atoms with Gasteiger partial charge >= 0.3 is 0 Å². The second kappa shape index (κ2) is 5.47. The Morgan fingerprint density at radius 1 is 1.53 bits per heavy atom. The molecule has 1 unspecified atom stereocenters. The fraction of sp³-hybridized carbons (Fsp3) is 0.538. The summed E-state index contributed by atoms with van der Waals surface area (Å²) in [5.74, 6) is 1.14. The first-order valence-corrected chi connectivity index (χ1v) is 5.85. The molecule has 17 heavy (non-hydrogen) atoms. The van der Waals surface area contributed by atoms with E-state index in [-0.39, 0.29) is 11.7 Å². The highest BCUT2D eigenvalue weighted by molar-refractivity contribution is 5.37. The van der Waals surface area contributed by atoms with E-state index in [2.05, 4.69) is 0 Å².